The van der Waals surface area contributed by atoms with Gasteiger partial charge in [0.1, 0.15) is 16.3 Å². The van der Waals surface area contributed by atoms with Crippen LogP contribution in [0.3, 0.4) is 0 Å². The van der Waals surface area contributed by atoms with Gasteiger partial charge in [0.2, 0.25) is 0 Å². The van der Waals surface area contributed by atoms with Crippen molar-refractivity contribution < 1.29 is 9.32 Å². The number of aromatic nitrogens is 2. The fourth-order valence-corrected chi connectivity index (χ4v) is 3.94. The SMILES string of the molecule is Cc1csc(C(Cc2ccsc2)NC(=O)c2c(C)noc2C)n1. The van der Waals surface area contributed by atoms with Crippen molar-refractivity contribution in [2.45, 2.75) is 33.2 Å². The van der Waals surface area contributed by atoms with Crippen LogP contribution in [0.5, 0.6) is 0 Å². The van der Waals surface area contributed by atoms with Gasteiger partial charge in [0, 0.05) is 17.5 Å². The third-order valence-corrected chi connectivity index (χ3v) is 5.33. The molecule has 0 fully saturated rings. The van der Waals surface area contributed by atoms with Crippen molar-refractivity contribution in [1.82, 2.24) is 15.5 Å². The first-order valence-electron chi connectivity index (χ1n) is 7.21. The number of rotatable bonds is 5. The summed E-state index contributed by atoms with van der Waals surface area (Å²) < 4.78 is 5.09. The number of aryl methyl sites for hydroxylation is 3. The largest absolute Gasteiger partial charge is 0.361 e. The zero-order valence-electron chi connectivity index (χ0n) is 13.1. The summed E-state index contributed by atoms with van der Waals surface area (Å²) in [6.07, 6.45) is 0.714. The fraction of sp³-hybridized carbons (Fsp3) is 0.312. The Kier molecular flexibility index (Phi) is 4.58. The van der Waals surface area contributed by atoms with Crippen LogP contribution in [0, 0.1) is 20.8 Å². The molecule has 1 N–H and O–H groups in total. The highest BCUT2D eigenvalue weighted by molar-refractivity contribution is 7.09. The summed E-state index contributed by atoms with van der Waals surface area (Å²) in [6, 6.07) is 1.91. The third kappa shape index (κ3) is 3.51. The average Bonchev–Trinajstić information content (AvgIpc) is 3.21. The molecule has 0 radical (unpaired) electrons. The number of carbonyl (C=O) groups excluding carboxylic acids is 1. The Bertz CT molecular complexity index is 786. The van der Waals surface area contributed by atoms with Crippen LogP contribution in [0.4, 0.5) is 0 Å². The van der Waals surface area contributed by atoms with Gasteiger partial charge in [-0.1, -0.05) is 5.16 Å². The highest BCUT2D eigenvalue weighted by Gasteiger charge is 2.23. The van der Waals surface area contributed by atoms with Crippen molar-refractivity contribution >= 4 is 28.6 Å². The lowest BCUT2D eigenvalue weighted by Crippen LogP contribution is -2.30. The van der Waals surface area contributed by atoms with Crippen LogP contribution < -0.4 is 5.32 Å². The van der Waals surface area contributed by atoms with Gasteiger partial charge in [-0.05, 0) is 43.2 Å². The zero-order valence-corrected chi connectivity index (χ0v) is 14.8. The van der Waals surface area contributed by atoms with Crippen LogP contribution in [0.2, 0.25) is 0 Å². The molecule has 0 aromatic carbocycles. The van der Waals surface area contributed by atoms with E-state index in [0.717, 1.165) is 10.7 Å². The van der Waals surface area contributed by atoms with Gasteiger partial charge in [-0.3, -0.25) is 4.79 Å². The van der Waals surface area contributed by atoms with Gasteiger partial charge in [0.05, 0.1) is 11.7 Å². The molecule has 7 heteroatoms. The van der Waals surface area contributed by atoms with Crippen LogP contribution >= 0.6 is 22.7 Å². The molecular weight excluding hydrogens is 330 g/mol. The second kappa shape index (κ2) is 6.64. The lowest BCUT2D eigenvalue weighted by molar-refractivity contribution is 0.0934. The molecule has 23 heavy (non-hydrogen) atoms. The zero-order chi connectivity index (χ0) is 16.4. The first kappa shape index (κ1) is 15.9. The summed E-state index contributed by atoms with van der Waals surface area (Å²) in [5.41, 5.74) is 3.26. The monoisotopic (exact) mass is 347 g/mol. The number of hydrogen-bond donors (Lipinski definition) is 1. The number of carbonyl (C=O) groups is 1. The molecule has 0 saturated heterocycles. The van der Waals surface area contributed by atoms with Gasteiger partial charge in [-0.2, -0.15) is 11.3 Å². The minimum Gasteiger partial charge on any atom is -0.361 e. The predicted octanol–water partition coefficient (Wildman–Crippen LogP) is 3.83. The number of nitrogens with one attached hydrogen (secondary N) is 1. The second-order valence-corrected chi connectivity index (χ2v) is 7.06. The smallest absolute Gasteiger partial charge is 0.257 e. The lowest BCUT2D eigenvalue weighted by atomic mass is 10.1. The first-order chi connectivity index (χ1) is 11.0. The Morgan fingerprint density at radius 2 is 2.17 bits per heavy atom. The maximum Gasteiger partial charge on any atom is 0.257 e. The van der Waals surface area contributed by atoms with Crippen molar-refractivity contribution in [2.75, 3.05) is 0 Å². The minimum atomic E-state index is -0.172. The van der Waals surface area contributed by atoms with Crippen molar-refractivity contribution in [3.05, 3.63) is 55.5 Å². The van der Waals surface area contributed by atoms with Crippen molar-refractivity contribution in [3.63, 3.8) is 0 Å². The van der Waals surface area contributed by atoms with Gasteiger partial charge in [-0.25, -0.2) is 4.98 Å². The standard InChI is InChI=1S/C16H17N3O2S2/c1-9-7-23-16(17-9)13(6-12-4-5-22-8-12)18-15(20)14-10(2)19-21-11(14)3/h4-5,7-8,13H,6H2,1-3H3,(H,18,20). The molecule has 1 amide bonds. The van der Waals surface area contributed by atoms with E-state index in [0.29, 0.717) is 23.4 Å². The minimum absolute atomic E-state index is 0.163. The van der Waals surface area contributed by atoms with Gasteiger partial charge in [-0.15, -0.1) is 11.3 Å². The number of nitrogens with zero attached hydrogens (tertiary/aromatic N) is 2. The Hall–Kier alpha value is -1.99. The quantitative estimate of drug-likeness (QED) is 0.761. The molecule has 0 spiro atoms. The molecule has 3 aromatic heterocycles. The van der Waals surface area contributed by atoms with Crippen LogP contribution in [0.25, 0.3) is 0 Å². The molecular formula is C16H17N3O2S2. The van der Waals surface area contributed by atoms with Gasteiger partial charge < -0.3 is 9.84 Å². The molecule has 3 aromatic rings. The van der Waals surface area contributed by atoms with Crippen molar-refractivity contribution in [2.24, 2.45) is 0 Å². The van der Waals surface area contributed by atoms with Gasteiger partial charge in [0.25, 0.3) is 5.91 Å². The first-order valence-corrected chi connectivity index (χ1v) is 9.03. The average molecular weight is 347 g/mol. The normalized spacial score (nSPS) is 12.3. The summed E-state index contributed by atoms with van der Waals surface area (Å²) in [7, 11) is 0. The number of amides is 1. The molecule has 3 heterocycles. The predicted molar refractivity (Wildman–Crippen MR) is 91.1 cm³/mol. The summed E-state index contributed by atoms with van der Waals surface area (Å²) in [5, 5.41) is 14.0. The van der Waals surface area contributed by atoms with E-state index in [-0.39, 0.29) is 11.9 Å². The molecule has 5 nitrogen and oxygen atoms in total. The number of thiophene rings is 1. The fourth-order valence-electron chi connectivity index (χ4n) is 2.41. The van der Waals surface area contributed by atoms with E-state index in [4.69, 9.17) is 4.52 Å². The second-order valence-electron chi connectivity index (χ2n) is 5.39. The Morgan fingerprint density at radius 3 is 2.74 bits per heavy atom. The van der Waals surface area contributed by atoms with E-state index in [2.05, 4.69) is 26.9 Å². The Labute approximate surface area is 142 Å². The number of thiazole rings is 1. The summed E-state index contributed by atoms with van der Waals surface area (Å²) in [6.45, 7) is 5.47. The van der Waals surface area contributed by atoms with E-state index >= 15 is 0 Å². The molecule has 0 bridgehead atoms. The van der Waals surface area contributed by atoms with Crippen molar-refractivity contribution in [1.29, 1.82) is 0 Å². The van der Waals surface area contributed by atoms with Crippen LogP contribution in [0.1, 0.15) is 44.1 Å². The Balaban J connectivity index is 1.85. The van der Waals surface area contributed by atoms with Crippen LogP contribution in [-0.4, -0.2) is 16.0 Å². The maximum atomic E-state index is 12.6. The van der Waals surface area contributed by atoms with Crippen molar-refractivity contribution in [3.8, 4) is 0 Å². The van der Waals surface area contributed by atoms with Gasteiger partial charge >= 0.3 is 0 Å². The number of hydrogen-bond acceptors (Lipinski definition) is 6. The van der Waals surface area contributed by atoms with Crippen LogP contribution in [0.15, 0.2) is 26.7 Å². The highest BCUT2D eigenvalue weighted by atomic mass is 32.1. The van der Waals surface area contributed by atoms with E-state index in [9.17, 15) is 4.79 Å². The van der Waals surface area contributed by atoms with Gasteiger partial charge in [0.15, 0.2) is 0 Å². The summed E-state index contributed by atoms with van der Waals surface area (Å²) in [4.78, 5) is 17.2. The topological polar surface area (TPSA) is 68.0 Å². The summed E-state index contributed by atoms with van der Waals surface area (Å²) >= 11 is 3.21. The van der Waals surface area contributed by atoms with E-state index in [1.54, 1.807) is 36.5 Å². The molecule has 1 atom stereocenters. The third-order valence-electron chi connectivity index (χ3n) is 3.52. The van der Waals surface area contributed by atoms with E-state index in [1.807, 2.05) is 17.7 Å². The molecule has 1 unspecified atom stereocenters. The maximum absolute atomic E-state index is 12.6. The Morgan fingerprint density at radius 1 is 1.35 bits per heavy atom. The molecule has 0 aliphatic heterocycles. The highest BCUT2D eigenvalue weighted by Crippen LogP contribution is 2.24. The lowest BCUT2D eigenvalue weighted by Gasteiger charge is -2.16. The molecule has 120 valence electrons. The molecule has 0 aliphatic rings. The van der Waals surface area contributed by atoms with Crippen LogP contribution in [-0.2, 0) is 6.42 Å². The van der Waals surface area contributed by atoms with E-state index < -0.39 is 0 Å². The molecule has 3 rings (SSSR count). The molecule has 0 aliphatic carbocycles. The van der Waals surface area contributed by atoms with E-state index in [1.165, 1.54) is 5.56 Å². The summed E-state index contributed by atoms with van der Waals surface area (Å²) in [5.74, 6) is 0.360. The molecule has 0 saturated carbocycles.